The van der Waals surface area contributed by atoms with Crippen molar-refractivity contribution in [2.45, 2.75) is 27.2 Å². The molecule has 0 heterocycles. The third kappa shape index (κ3) is 7.52. The van der Waals surface area contributed by atoms with Crippen molar-refractivity contribution in [3.8, 4) is 0 Å². The van der Waals surface area contributed by atoms with Crippen LogP contribution in [0.3, 0.4) is 0 Å². The number of rotatable bonds is 7. The van der Waals surface area contributed by atoms with Gasteiger partial charge < -0.3 is 14.6 Å². The lowest BCUT2D eigenvalue weighted by molar-refractivity contribution is -0.151. The second-order valence-electron chi connectivity index (χ2n) is 4.65. The zero-order valence-electron chi connectivity index (χ0n) is 10.6. The summed E-state index contributed by atoms with van der Waals surface area (Å²) in [6.45, 7) is 8.70. The van der Waals surface area contributed by atoms with Crippen LogP contribution < -0.4 is 0 Å². The normalized spacial score (nSPS) is 10.8. The van der Waals surface area contributed by atoms with Crippen LogP contribution in [0.25, 0.3) is 0 Å². The summed E-state index contributed by atoms with van der Waals surface area (Å²) in [6, 6.07) is 0. The van der Waals surface area contributed by atoms with Gasteiger partial charge in [0.2, 0.25) is 0 Å². The molecule has 0 amide bonds. The van der Waals surface area contributed by atoms with E-state index in [9.17, 15) is 9.59 Å². The first-order chi connectivity index (χ1) is 7.78. The zero-order valence-corrected chi connectivity index (χ0v) is 10.6. The van der Waals surface area contributed by atoms with Gasteiger partial charge in [-0.15, -0.1) is 0 Å². The number of esters is 2. The lowest BCUT2D eigenvalue weighted by Gasteiger charge is -2.23. The molecule has 98 valence electrons. The SMILES string of the molecule is C=C(C)C(=O)OCC(C)(C)COC(=O)CCO. The number of aliphatic hydroxyl groups is 1. The molecule has 0 aliphatic rings. The van der Waals surface area contributed by atoms with Gasteiger partial charge in [-0.05, 0) is 6.92 Å². The minimum atomic E-state index is -0.466. The maximum Gasteiger partial charge on any atom is 0.333 e. The molecule has 17 heavy (non-hydrogen) atoms. The minimum absolute atomic E-state index is 0.0262. The molecule has 1 N–H and O–H groups in total. The van der Waals surface area contributed by atoms with Crippen molar-refractivity contribution in [3.63, 3.8) is 0 Å². The topological polar surface area (TPSA) is 72.8 Å². The molecule has 0 spiro atoms. The van der Waals surface area contributed by atoms with E-state index in [4.69, 9.17) is 14.6 Å². The van der Waals surface area contributed by atoms with Crippen molar-refractivity contribution in [1.29, 1.82) is 0 Å². The van der Waals surface area contributed by atoms with Crippen molar-refractivity contribution in [1.82, 2.24) is 0 Å². The average Bonchev–Trinajstić information content (AvgIpc) is 2.24. The fraction of sp³-hybridized carbons (Fsp3) is 0.667. The summed E-state index contributed by atoms with van der Waals surface area (Å²) in [6.07, 6.45) is -0.0262. The van der Waals surface area contributed by atoms with Gasteiger partial charge in [-0.1, -0.05) is 20.4 Å². The Bertz CT molecular complexity index is 293. The molecule has 0 saturated carbocycles. The molecule has 5 nitrogen and oxygen atoms in total. The Balaban J connectivity index is 3.99. The quantitative estimate of drug-likeness (QED) is 0.535. The molecule has 0 atom stereocenters. The Hall–Kier alpha value is -1.36. The highest BCUT2D eigenvalue weighted by Gasteiger charge is 2.22. The largest absolute Gasteiger partial charge is 0.465 e. The second-order valence-corrected chi connectivity index (χ2v) is 4.65. The summed E-state index contributed by atoms with van der Waals surface area (Å²) < 4.78 is 9.91. The molecule has 0 rings (SSSR count). The number of hydrogen-bond donors (Lipinski definition) is 1. The Labute approximate surface area is 101 Å². The highest BCUT2D eigenvalue weighted by Crippen LogP contribution is 2.16. The maximum atomic E-state index is 11.2. The fourth-order valence-electron chi connectivity index (χ4n) is 0.865. The van der Waals surface area contributed by atoms with E-state index in [0.29, 0.717) is 5.57 Å². The van der Waals surface area contributed by atoms with Crippen molar-refractivity contribution in [3.05, 3.63) is 12.2 Å². The lowest BCUT2D eigenvalue weighted by Crippen LogP contribution is -2.28. The molecule has 0 aromatic heterocycles. The first-order valence-electron chi connectivity index (χ1n) is 5.37. The van der Waals surface area contributed by atoms with Crippen LogP contribution in [0.5, 0.6) is 0 Å². The Kier molecular flexibility index (Phi) is 6.50. The van der Waals surface area contributed by atoms with Crippen LogP contribution in [0.1, 0.15) is 27.2 Å². The molecule has 0 aliphatic heterocycles. The first-order valence-corrected chi connectivity index (χ1v) is 5.37. The van der Waals surface area contributed by atoms with E-state index in [1.54, 1.807) is 6.92 Å². The third-order valence-electron chi connectivity index (χ3n) is 1.88. The average molecular weight is 244 g/mol. The number of aliphatic hydroxyl groups excluding tert-OH is 1. The summed E-state index contributed by atoms with van der Waals surface area (Å²) in [5, 5.41) is 8.52. The molecule has 0 fully saturated rings. The fourth-order valence-corrected chi connectivity index (χ4v) is 0.865. The number of carbonyl (C=O) groups excluding carboxylic acids is 2. The molecule has 5 heteroatoms. The first kappa shape index (κ1) is 15.6. The van der Waals surface area contributed by atoms with Crippen molar-refractivity contribution in [2.75, 3.05) is 19.8 Å². The molecule has 0 saturated heterocycles. The molecule has 0 aromatic carbocycles. The van der Waals surface area contributed by atoms with Gasteiger partial charge >= 0.3 is 11.9 Å². The van der Waals surface area contributed by atoms with Gasteiger partial charge in [0, 0.05) is 11.0 Å². The van der Waals surface area contributed by atoms with Crippen molar-refractivity contribution >= 4 is 11.9 Å². The van der Waals surface area contributed by atoms with Crippen molar-refractivity contribution in [2.24, 2.45) is 5.41 Å². The van der Waals surface area contributed by atoms with E-state index in [2.05, 4.69) is 6.58 Å². The van der Waals surface area contributed by atoms with Gasteiger partial charge in [-0.25, -0.2) is 4.79 Å². The van der Waals surface area contributed by atoms with Gasteiger partial charge in [-0.2, -0.15) is 0 Å². The van der Waals surface area contributed by atoms with Crippen LogP contribution in [0.4, 0.5) is 0 Å². The lowest BCUT2D eigenvalue weighted by atomic mass is 9.96. The highest BCUT2D eigenvalue weighted by atomic mass is 16.5. The molecular formula is C12H20O5. The highest BCUT2D eigenvalue weighted by molar-refractivity contribution is 5.86. The number of carbonyl (C=O) groups is 2. The predicted molar refractivity (Wildman–Crippen MR) is 62.2 cm³/mol. The van der Waals surface area contributed by atoms with Crippen molar-refractivity contribution < 1.29 is 24.2 Å². The predicted octanol–water partition coefficient (Wildman–Crippen LogP) is 1.06. The number of ether oxygens (including phenoxy) is 2. The smallest absolute Gasteiger partial charge is 0.333 e. The summed E-state index contributed by atoms with van der Waals surface area (Å²) >= 11 is 0. The van der Waals surface area contributed by atoms with Crippen LogP contribution in [0, 0.1) is 5.41 Å². The molecular weight excluding hydrogens is 224 g/mol. The molecule has 0 radical (unpaired) electrons. The third-order valence-corrected chi connectivity index (χ3v) is 1.88. The summed E-state index contributed by atoms with van der Waals surface area (Å²) in [7, 11) is 0. The van der Waals surface area contributed by atoms with Crippen LogP contribution in [0.2, 0.25) is 0 Å². The summed E-state index contributed by atoms with van der Waals surface area (Å²) in [5.41, 5.74) is -0.131. The van der Waals surface area contributed by atoms with E-state index in [-0.39, 0.29) is 26.2 Å². The second kappa shape index (κ2) is 7.06. The summed E-state index contributed by atoms with van der Waals surface area (Å²) in [5.74, 6) is -0.924. The van der Waals surface area contributed by atoms with Crippen LogP contribution >= 0.6 is 0 Å². The number of hydrogen-bond acceptors (Lipinski definition) is 5. The molecule has 0 bridgehead atoms. The van der Waals surface area contributed by atoms with E-state index in [0.717, 1.165) is 0 Å². The van der Waals surface area contributed by atoms with Crippen LogP contribution in [-0.4, -0.2) is 36.9 Å². The summed E-state index contributed by atoms with van der Waals surface area (Å²) in [4.78, 5) is 22.2. The van der Waals surface area contributed by atoms with Gasteiger partial charge in [0.05, 0.1) is 26.2 Å². The monoisotopic (exact) mass is 244 g/mol. The zero-order chi connectivity index (χ0) is 13.5. The molecule has 0 unspecified atom stereocenters. The van der Waals surface area contributed by atoms with E-state index in [1.807, 2.05) is 13.8 Å². The van der Waals surface area contributed by atoms with E-state index >= 15 is 0 Å². The van der Waals surface area contributed by atoms with Crippen LogP contribution in [-0.2, 0) is 19.1 Å². The van der Waals surface area contributed by atoms with Crippen LogP contribution in [0.15, 0.2) is 12.2 Å². The Morgan fingerprint density at radius 2 is 1.76 bits per heavy atom. The minimum Gasteiger partial charge on any atom is -0.465 e. The Morgan fingerprint density at radius 3 is 2.24 bits per heavy atom. The van der Waals surface area contributed by atoms with Gasteiger partial charge in [0.1, 0.15) is 0 Å². The molecule has 0 aromatic rings. The standard InChI is InChI=1S/C12H20O5/c1-9(2)11(15)17-8-12(3,4)7-16-10(14)5-6-13/h13H,1,5-8H2,2-4H3. The van der Waals surface area contributed by atoms with Gasteiger partial charge in [0.25, 0.3) is 0 Å². The Morgan fingerprint density at radius 1 is 1.24 bits per heavy atom. The molecule has 0 aliphatic carbocycles. The van der Waals surface area contributed by atoms with E-state index < -0.39 is 17.4 Å². The maximum absolute atomic E-state index is 11.2. The van der Waals surface area contributed by atoms with E-state index in [1.165, 1.54) is 0 Å². The van der Waals surface area contributed by atoms with Gasteiger partial charge in [0.15, 0.2) is 0 Å². The van der Waals surface area contributed by atoms with Gasteiger partial charge in [-0.3, -0.25) is 4.79 Å².